The Kier molecular flexibility index (Phi) is 9.15. The number of allylic oxidation sites excluding steroid dienone is 1. The van der Waals surface area contributed by atoms with Crippen molar-refractivity contribution in [2.75, 3.05) is 13.7 Å². The molecule has 10 atom stereocenters. The molecule has 0 aromatic rings. The van der Waals surface area contributed by atoms with Gasteiger partial charge in [0.15, 0.2) is 0 Å². The maximum absolute atomic E-state index is 13.3. The molecule has 0 aliphatic heterocycles. The third-order valence-electron chi connectivity index (χ3n) is 15.7. The first-order chi connectivity index (χ1) is 21.3. The quantitative estimate of drug-likeness (QED) is 0.108. The standard InChI is InChI=1S/C39H63NO6/c1-25(2)26-13-18-39(21-22-40(43)44)20-19-37(8)27(33(26)39)11-12-29-36(7)16-15-30(35(5,6)28(36)14-17-38(29,37)9)46-32(42)24-34(3,4)23-31(41)45-10/h26-30,33H,1,11-24H2,2-10H3/t26-,27?,28?,29?,30-,33?,36-,37+,38+,39+/m0/s1. The maximum atomic E-state index is 13.3. The van der Waals surface area contributed by atoms with Gasteiger partial charge >= 0.3 is 11.9 Å². The van der Waals surface area contributed by atoms with Gasteiger partial charge in [-0.1, -0.05) is 60.6 Å². The van der Waals surface area contributed by atoms with E-state index in [2.05, 4.69) is 48.1 Å². The van der Waals surface area contributed by atoms with Crippen molar-refractivity contribution < 1.29 is 24.0 Å². The highest BCUT2D eigenvalue weighted by Gasteiger charge is 2.71. The molecule has 7 nitrogen and oxygen atoms in total. The van der Waals surface area contributed by atoms with Crippen LogP contribution >= 0.6 is 0 Å². The summed E-state index contributed by atoms with van der Waals surface area (Å²) in [4.78, 5) is 36.7. The van der Waals surface area contributed by atoms with Crippen LogP contribution < -0.4 is 0 Å². The van der Waals surface area contributed by atoms with Crippen molar-refractivity contribution >= 4 is 11.9 Å². The topological polar surface area (TPSA) is 95.7 Å². The van der Waals surface area contributed by atoms with Gasteiger partial charge in [-0.05, 0) is 128 Å². The number of ether oxygens (including phenoxy) is 2. The van der Waals surface area contributed by atoms with E-state index in [1.807, 2.05) is 13.8 Å². The first-order valence-corrected chi connectivity index (χ1v) is 18.3. The predicted octanol–water partition coefficient (Wildman–Crippen LogP) is 9.20. The Labute approximate surface area is 278 Å². The first kappa shape index (κ1) is 35.4. The van der Waals surface area contributed by atoms with E-state index in [1.165, 1.54) is 38.4 Å². The molecule has 260 valence electrons. The van der Waals surface area contributed by atoms with Gasteiger partial charge in [-0.15, -0.1) is 0 Å². The van der Waals surface area contributed by atoms with Gasteiger partial charge in [0.1, 0.15) is 6.10 Å². The highest BCUT2D eigenvalue weighted by atomic mass is 16.6. The van der Waals surface area contributed by atoms with E-state index in [-0.39, 0.29) is 69.4 Å². The molecular weight excluding hydrogens is 578 g/mol. The molecule has 5 fully saturated rings. The zero-order valence-electron chi connectivity index (χ0n) is 30.5. The summed E-state index contributed by atoms with van der Waals surface area (Å²) >= 11 is 0. The molecule has 0 aromatic carbocycles. The van der Waals surface area contributed by atoms with Crippen molar-refractivity contribution in [3.8, 4) is 0 Å². The minimum atomic E-state index is -0.512. The highest BCUT2D eigenvalue weighted by molar-refractivity contribution is 5.74. The summed E-state index contributed by atoms with van der Waals surface area (Å²) in [6, 6.07) is 0. The minimum Gasteiger partial charge on any atom is -0.469 e. The van der Waals surface area contributed by atoms with Crippen LogP contribution in [0.3, 0.4) is 0 Å². The second-order valence-electron chi connectivity index (χ2n) is 18.8. The number of hydrogen-bond acceptors (Lipinski definition) is 6. The summed E-state index contributed by atoms with van der Waals surface area (Å²) in [6.07, 6.45) is 12.2. The molecule has 0 aromatic heterocycles. The molecule has 5 rings (SSSR count). The number of nitro groups is 1. The average molecular weight is 642 g/mol. The van der Waals surface area contributed by atoms with Crippen LogP contribution in [0.15, 0.2) is 12.2 Å². The lowest BCUT2D eigenvalue weighted by Gasteiger charge is -2.73. The molecule has 0 saturated heterocycles. The lowest BCUT2D eigenvalue weighted by Crippen LogP contribution is -2.66. The second kappa shape index (κ2) is 11.9. The summed E-state index contributed by atoms with van der Waals surface area (Å²) in [6.45, 7) is 23.1. The summed E-state index contributed by atoms with van der Waals surface area (Å²) in [5.41, 5.74) is 1.28. The average Bonchev–Trinajstić information content (AvgIpc) is 3.33. The zero-order chi connectivity index (χ0) is 34.1. The van der Waals surface area contributed by atoms with Crippen LogP contribution in [-0.4, -0.2) is 36.6 Å². The molecule has 0 N–H and O–H groups in total. The number of carbonyl (C=O) groups is 2. The van der Waals surface area contributed by atoms with Gasteiger partial charge in [-0.25, -0.2) is 0 Å². The fourth-order valence-electron chi connectivity index (χ4n) is 13.3. The van der Waals surface area contributed by atoms with Gasteiger partial charge in [-0.2, -0.15) is 0 Å². The van der Waals surface area contributed by atoms with Gasteiger partial charge in [0.05, 0.1) is 20.0 Å². The number of rotatable bonds is 9. The molecule has 5 aliphatic carbocycles. The molecule has 0 bridgehead atoms. The van der Waals surface area contributed by atoms with Crippen LogP contribution in [0.1, 0.15) is 139 Å². The van der Waals surface area contributed by atoms with Crippen molar-refractivity contribution in [1.29, 1.82) is 0 Å². The van der Waals surface area contributed by atoms with E-state index in [0.717, 1.165) is 44.9 Å². The Bertz CT molecular complexity index is 1240. The Morgan fingerprint density at radius 2 is 1.54 bits per heavy atom. The van der Waals surface area contributed by atoms with Crippen molar-refractivity contribution in [2.45, 2.75) is 145 Å². The van der Waals surface area contributed by atoms with Crippen LogP contribution in [0.2, 0.25) is 0 Å². The Morgan fingerprint density at radius 1 is 0.870 bits per heavy atom. The fourth-order valence-corrected chi connectivity index (χ4v) is 13.3. The number of esters is 2. The molecule has 0 heterocycles. The third-order valence-corrected chi connectivity index (χ3v) is 15.7. The van der Waals surface area contributed by atoms with Crippen LogP contribution in [-0.2, 0) is 19.1 Å². The summed E-state index contributed by atoms with van der Waals surface area (Å²) in [5.74, 6) is 2.11. The van der Waals surface area contributed by atoms with E-state index >= 15 is 0 Å². The number of hydrogen-bond donors (Lipinski definition) is 0. The van der Waals surface area contributed by atoms with Crippen molar-refractivity contribution in [2.24, 2.45) is 62.1 Å². The highest BCUT2D eigenvalue weighted by Crippen LogP contribution is 2.78. The Hall–Kier alpha value is -1.92. The molecule has 5 aliphatic rings. The Morgan fingerprint density at radius 3 is 2.17 bits per heavy atom. The first-order valence-electron chi connectivity index (χ1n) is 18.3. The van der Waals surface area contributed by atoms with Crippen LogP contribution in [0.4, 0.5) is 0 Å². The molecular formula is C39H63NO6. The molecule has 4 unspecified atom stereocenters. The second-order valence-corrected chi connectivity index (χ2v) is 18.8. The Balaban J connectivity index is 1.37. The monoisotopic (exact) mass is 641 g/mol. The van der Waals surface area contributed by atoms with Crippen LogP contribution in [0, 0.1) is 72.2 Å². The van der Waals surface area contributed by atoms with E-state index in [4.69, 9.17) is 9.47 Å². The maximum Gasteiger partial charge on any atom is 0.306 e. The van der Waals surface area contributed by atoms with E-state index in [9.17, 15) is 19.7 Å². The molecule has 0 spiro atoms. The van der Waals surface area contributed by atoms with Crippen molar-refractivity contribution in [3.63, 3.8) is 0 Å². The van der Waals surface area contributed by atoms with E-state index in [0.29, 0.717) is 29.6 Å². The van der Waals surface area contributed by atoms with Gasteiger partial charge in [-0.3, -0.25) is 19.7 Å². The van der Waals surface area contributed by atoms with Crippen LogP contribution in [0.5, 0.6) is 0 Å². The number of carbonyl (C=O) groups excluding carboxylic acids is 2. The molecule has 0 amide bonds. The molecule has 5 saturated carbocycles. The summed E-state index contributed by atoms with van der Waals surface area (Å²) < 4.78 is 11.2. The fraction of sp³-hybridized carbons (Fsp3) is 0.897. The largest absolute Gasteiger partial charge is 0.469 e. The van der Waals surface area contributed by atoms with Gasteiger partial charge < -0.3 is 9.47 Å². The number of nitrogens with zero attached hydrogens (tertiary/aromatic N) is 1. The van der Waals surface area contributed by atoms with Gasteiger partial charge in [0, 0.05) is 16.8 Å². The van der Waals surface area contributed by atoms with Gasteiger partial charge in [0.25, 0.3) is 0 Å². The molecule has 0 radical (unpaired) electrons. The summed E-state index contributed by atoms with van der Waals surface area (Å²) in [5, 5.41) is 11.6. The van der Waals surface area contributed by atoms with E-state index < -0.39 is 5.41 Å². The predicted molar refractivity (Wildman–Crippen MR) is 180 cm³/mol. The lowest BCUT2D eigenvalue weighted by atomic mass is 9.32. The van der Waals surface area contributed by atoms with Gasteiger partial charge in [0.2, 0.25) is 6.54 Å². The minimum absolute atomic E-state index is 0.0838. The summed E-state index contributed by atoms with van der Waals surface area (Å²) in [7, 11) is 1.38. The molecule has 7 heteroatoms. The zero-order valence-corrected chi connectivity index (χ0v) is 30.5. The SMILES string of the molecule is C=C(C)[C@@H]1CC[C@]2(CC[N+](=O)[O-])CC[C@]3(C)C(CCC4[C@@]5(C)CC[C@H](OC(=O)CC(C)(C)CC(=O)OC)C(C)(C)C5CC[C@]43C)C12. The van der Waals surface area contributed by atoms with E-state index in [1.54, 1.807) is 0 Å². The third kappa shape index (κ3) is 5.55. The number of methoxy groups -OCH3 is 1. The smallest absolute Gasteiger partial charge is 0.306 e. The van der Waals surface area contributed by atoms with Crippen LogP contribution in [0.25, 0.3) is 0 Å². The van der Waals surface area contributed by atoms with Crippen molar-refractivity contribution in [1.82, 2.24) is 0 Å². The lowest BCUT2D eigenvalue weighted by molar-refractivity contribution is -0.484. The van der Waals surface area contributed by atoms with Crippen molar-refractivity contribution in [3.05, 3.63) is 22.3 Å². The molecule has 46 heavy (non-hydrogen) atoms. The number of fused-ring (bicyclic) bond motifs is 7. The normalized spacial score (nSPS) is 42.9.